The van der Waals surface area contributed by atoms with Gasteiger partial charge in [-0.25, -0.2) is 18.2 Å². The first kappa shape index (κ1) is 17.1. The van der Waals surface area contributed by atoms with Crippen molar-refractivity contribution in [2.45, 2.75) is 18.1 Å². The summed E-state index contributed by atoms with van der Waals surface area (Å²) in [5.74, 6) is -2.12. The molecule has 0 saturated heterocycles. The van der Waals surface area contributed by atoms with E-state index in [1.807, 2.05) is 0 Å². The zero-order chi connectivity index (χ0) is 17.4. The van der Waals surface area contributed by atoms with Gasteiger partial charge < -0.3 is 9.84 Å². The summed E-state index contributed by atoms with van der Waals surface area (Å²) in [7, 11) is -3.91. The van der Waals surface area contributed by atoms with E-state index in [9.17, 15) is 26.4 Å². The third kappa shape index (κ3) is 3.55. The lowest BCUT2D eigenvalue weighted by Gasteiger charge is -2.09. The van der Waals surface area contributed by atoms with E-state index in [0.717, 1.165) is 22.7 Å². The lowest BCUT2D eigenvalue weighted by atomic mass is 10.4. The number of alkyl halides is 3. The lowest BCUT2D eigenvalue weighted by Crippen LogP contribution is -2.19. The molecular weight excluding hydrogens is 341 g/mol. The maximum Gasteiger partial charge on any atom is 0.422 e. The number of nitrogens with zero attached hydrogens (tertiary/aromatic N) is 2. The molecule has 0 aliphatic heterocycles. The summed E-state index contributed by atoms with van der Waals surface area (Å²) in [6.45, 7) is -0.197. The van der Waals surface area contributed by atoms with Gasteiger partial charge in [0.15, 0.2) is 27.2 Å². The molecule has 0 aliphatic carbocycles. The lowest BCUT2D eigenvalue weighted by molar-refractivity contribution is -0.153. The largest absolute Gasteiger partial charge is 0.484 e. The van der Waals surface area contributed by atoms with Crippen LogP contribution in [-0.2, 0) is 9.84 Å². The van der Waals surface area contributed by atoms with E-state index in [2.05, 4.69) is 9.72 Å². The maximum absolute atomic E-state index is 12.1. The molecule has 0 unspecified atom stereocenters. The first-order valence-electron chi connectivity index (χ1n) is 6.23. The molecule has 0 saturated carbocycles. The molecule has 1 N–H and O–H groups in total. The van der Waals surface area contributed by atoms with Crippen molar-refractivity contribution in [1.82, 2.24) is 9.38 Å². The summed E-state index contributed by atoms with van der Waals surface area (Å²) < 4.78 is 66.0. The number of hydrogen-bond donors (Lipinski definition) is 1. The van der Waals surface area contributed by atoms with Gasteiger partial charge in [0.2, 0.25) is 0 Å². The van der Waals surface area contributed by atoms with Crippen LogP contribution in [-0.4, -0.2) is 47.4 Å². The molecule has 0 amide bonds. The Morgan fingerprint density at radius 2 is 2.09 bits per heavy atom. The van der Waals surface area contributed by atoms with Gasteiger partial charge in [-0.1, -0.05) is 6.92 Å². The number of rotatable bonds is 5. The van der Waals surface area contributed by atoms with Crippen LogP contribution in [0.25, 0.3) is 5.65 Å². The van der Waals surface area contributed by atoms with Gasteiger partial charge in [-0.2, -0.15) is 13.2 Å². The minimum absolute atomic E-state index is 0.144. The number of sulfone groups is 1. The predicted molar refractivity (Wildman–Crippen MR) is 71.4 cm³/mol. The molecule has 2 aromatic heterocycles. The number of halogens is 3. The van der Waals surface area contributed by atoms with Crippen LogP contribution in [0.3, 0.4) is 0 Å². The molecule has 2 rings (SSSR count). The Morgan fingerprint density at radius 1 is 1.43 bits per heavy atom. The fourth-order valence-electron chi connectivity index (χ4n) is 1.83. The van der Waals surface area contributed by atoms with E-state index < -0.39 is 39.3 Å². The highest BCUT2D eigenvalue weighted by Crippen LogP contribution is 2.24. The number of carboxylic acid groups (broad SMARTS) is 1. The first-order chi connectivity index (χ1) is 10.5. The van der Waals surface area contributed by atoms with Gasteiger partial charge >= 0.3 is 12.1 Å². The van der Waals surface area contributed by atoms with Crippen molar-refractivity contribution in [1.29, 1.82) is 0 Å². The van der Waals surface area contributed by atoms with Gasteiger partial charge in [0.25, 0.3) is 0 Å². The van der Waals surface area contributed by atoms with Crippen LogP contribution in [0.4, 0.5) is 13.2 Å². The van der Waals surface area contributed by atoms with Crippen LogP contribution in [0.1, 0.15) is 17.4 Å². The summed E-state index contributed by atoms with van der Waals surface area (Å²) in [4.78, 5) is 14.8. The highest BCUT2D eigenvalue weighted by Gasteiger charge is 2.30. The van der Waals surface area contributed by atoms with Gasteiger partial charge in [-0.05, 0) is 6.07 Å². The Bertz CT molecular complexity index is 857. The predicted octanol–water partition coefficient (Wildman–Crippen LogP) is 1.77. The summed E-state index contributed by atoms with van der Waals surface area (Å²) in [6.07, 6.45) is -3.44. The van der Waals surface area contributed by atoms with Crippen molar-refractivity contribution in [2.75, 3.05) is 12.4 Å². The van der Waals surface area contributed by atoms with Crippen molar-refractivity contribution >= 4 is 21.5 Å². The van der Waals surface area contributed by atoms with E-state index in [-0.39, 0.29) is 17.1 Å². The standard InChI is InChI=1S/C12H11F3N2O5S/c1-2-23(20,21)10-9(11(18)19)16-8-5-7(3-4-17(8)10)22-6-12(13,14)15/h3-5H,2,6H2,1H3,(H,18,19). The van der Waals surface area contributed by atoms with Gasteiger partial charge in [-0.15, -0.1) is 0 Å². The van der Waals surface area contributed by atoms with Crippen LogP contribution in [0.2, 0.25) is 0 Å². The number of ether oxygens (including phenoxy) is 1. The average molecular weight is 352 g/mol. The summed E-state index contributed by atoms with van der Waals surface area (Å²) in [6, 6.07) is 2.13. The van der Waals surface area contributed by atoms with Crippen molar-refractivity contribution in [3.05, 3.63) is 24.0 Å². The Labute approximate surface area is 128 Å². The molecule has 23 heavy (non-hydrogen) atoms. The number of carboxylic acids is 1. The molecule has 0 bridgehead atoms. The second-order valence-corrected chi connectivity index (χ2v) is 6.66. The van der Waals surface area contributed by atoms with Gasteiger partial charge in [0.05, 0.1) is 5.75 Å². The normalized spacial score (nSPS) is 12.5. The molecule has 0 spiro atoms. The quantitative estimate of drug-likeness (QED) is 0.881. The van der Waals surface area contributed by atoms with Gasteiger partial charge in [0.1, 0.15) is 11.4 Å². The van der Waals surface area contributed by atoms with Crippen LogP contribution >= 0.6 is 0 Å². The summed E-state index contributed by atoms with van der Waals surface area (Å²) in [5.41, 5.74) is -0.839. The van der Waals surface area contributed by atoms with Crippen molar-refractivity contribution in [3.63, 3.8) is 0 Å². The Kier molecular flexibility index (Phi) is 4.24. The Morgan fingerprint density at radius 3 is 2.61 bits per heavy atom. The molecule has 11 heteroatoms. The zero-order valence-electron chi connectivity index (χ0n) is 11.7. The molecular formula is C12H11F3N2O5S. The molecule has 0 fully saturated rings. The Hall–Kier alpha value is -2.30. The average Bonchev–Trinajstić information content (AvgIpc) is 2.84. The number of aromatic nitrogens is 2. The number of imidazole rings is 1. The fraction of sp³-hybridized carbons (Fsp3) is 0.333. The topological polar surface area (TPSA) is 98.0 Å². The van der Waals surface area contributed by atoms with Crippen molar-refractivity contribution in [3.8, 4) is 5.75 Å². The van der Waals surface area contributed by atoms with E-state index >= 15 is 0 Å². The second kappa shape index (κ2) is 5.72. The molecule has 0 aliphatic rings. The first-order valence-corrected chi connectivity index (χ1v) is 7.88. The van der Waals surface area contributed by atoms with Gasteiger partial charge in [0, 0.05) is 12.3 Å². The van der Waals surface area contributed by atoms with E-state index in [0.29, 0.717) is 0 Å². The number of fused-ring (bicyclic) bond motifs is 1. The van der Waals surface area contributed by atoms with Crippen LogP contribution in [0.15, 0.2) is 23.4 Å². The SMILES string of the molecule is CCS(=O)(=O)c1c(C(=O)O)nc2cc(OCC(F)(F)F)ccn12. The molecule has 0 radical (unpaired) electrons. The van der Waals surface area contributed by atoms with Crippen molar-refractivity contribution in [2.24, 2.45) is 0 Å². The summed E-state index contributed by atoms with van der Waals surface area (Å²) in [5, 5.41) is 8.56. The molecule has 0 atom stereocenters. The molecule has 2 aromatic rings. The molecule has 7 nitrogen and oxygen atoms in total. The third-order valence-electron chi connectivity index (χ3n) is 2.83. The highest BCUT2D eigenvalue weighted by atomic mass is 32.2. The molecule has 0 aromatic carbocycles. The second-order valence-electron chi connectivity index (χ2n) is 4.47. The van der Waals surface area contributed by atoms with Crippen LogP contribution in [0.5, 0.6) is 5.75 Å². The highest BCUT2D eigenvalue weighted by molar-refractivity contribution is 7.91. The van der Waals surface area contributed by atoms with E-state index in [4.69, 9.17) is 5.11 Å². The smallest absolute Gasteiger partial charge is 0.422 e. The third-order valence-corrected chi connectivity index (χ3v) is 4.57. The summed E-state index contributed by atoms with van der Waals surface area (Å²) >= 11 is 0. The number of hydrogen-bond acceptors (Lipinski definition) is 5. The molecule has 126 valence electrons. The monoisotopic (exact) mass is 352 g/mol. The minimum Gasteiger partial charge on any atom is -0.484 e. The Balaban J connectivity index is 2.56. The van der Waals surface area contributed by atoms with E-state index in [1.165, 1.54) is 6.92 Å². The minimum atomic E-state index is -4.54. The maximum atomic E-state index is 12.1. The van der Waals surface area contributed by atoms with Crippen LogP contribution in [0, 0.1) is 0 Å². The van der Waals surface area contributed by atoms with Crippen LogP contribution < -0.4 is 4.74 Å². The van der Waals surface area contributed by atoms with E-state index in [1.54, 1.807) is 0 Å². The molecule has 2 heterocycles. The van der Waals surface area contributed by atoms with Gasteiger partial charge in [-0.3, -0.25) is 4.40 Å². The zero-order valence-corrected chi connectivity index (χ0v) is 12.5. The number of aromatic carboxylic acids is 1. The number of pyridine rings is 1. The number of carbonyl (C=O) groups is 1. The van der Waals surface area contributed by atoms with Crippen molar-refractivity contribution < 1.29 is 36.2 Å². The fourth-order valence-corrected chi connectivity index (χ4v) is 2.99.